The number of aryl methyl sites for hydroxylation is 1. The summed E-state index contributed by atoms with van der Waals surface area (Å²) in [4.78, 5) is 11.7. The number of hydrogen-bond acceptors (Lipinski definition) is 5. The molecule has 0 saturated carbocycles. The van der Waals surface area contributed by atoms with Crippen molar-refractivity contribution in [3.8, 4) is 0 Å². The first kappa shape index (κ1) is 19.4. The van der Waals surface area contributed by atoms with Gasteiger partial charge in [-0.25, -0.2) is 13.2 Å². The van der Waals surface area contributed by atoms with Gasteiger partial charge in [-0.05, 0) is 39.8 Å². The highest BCUT2D eigenvalue weighted by molar-refractivity contribution is 7.91. The predicted molar refractivity (Wildman–Crippen MR) is 88.3 cm³/mol. The Morgan fingerprint density at radius 2 is 1.74 bits per heavy atom. The van der Waals surface area contributed by atoms with Crippen molar-refractivity contribution < 1.29 is 22.7 Å². The highest BCUT2D eigenvalue weighted by Gasteiger charge is 2.16. The Balaban J connectivity index is 2.24. The fourth-order valence-corrected chi connectivity index (χ4v) is 2.80. The zero-order chi connectivity index (χ0) is 17.5. The molecule has 1 aromatic rings. The van der Waals surface area contributed by atoms with E-state index in [1.54, 1.807) is 45.0 Å². The molecule has 1 N–H and O–H groups in total. The number of ether oxygens (including phenoxy) is 2. The van der Waals surface area contributed by atoms with E-state index in [0.717, 1.165) is 5.56 Å². The number of hydrogen-bond donors (Lipinski definition) is 1. The van der Waals surface area contributed by atoms with E-state index >= 15 is 0 Å². The Bertz CT molecular complexity index is 602. The van der Waals surface area contributed by atoms with Gasteiger partial charge in [-0.1, -0.05) is 17.7 Å². The molecule has 0 heterocycles. The number of benzene rings is 1. The second kappa shape index (κ2) is 8.31. The molecule has 0 aromatic heterocycles. The molecule has 0 atom stereocenters. The maximum Gasteiger partial charge on any atom is 0.407 e. The summed E-state index contributed by atoms with van der Waals surface area (Å²) in [6.07, 6.45) is -0.520. The molecule has 0 spiro atoms. The van der Waals surface area contributed by atoms with E-state index in [1.807, 2.05) is 6.92 Å². The maximum atomic E-state index is 12.1. The average molecular weight is 343 g/mol. The second-order valence-electron chi connectivity index (χ2n) is 6.17. The lowest BCUT2D eigenvalue weighted by atomic mass is 10.2. The third-order valence-corrected chi connectivity index (χ3v) is 4.49. The molecule has 0 radical (unpaired) electrons. The van der Waals surface area contributed by atoms with E-state index in [4.69, 9.17) is 9.47 Å². The van der Waals surface area contributed by atoms with Gasteiger partial charge in [0, 0.05) is 6.54 Å². The number of amides is 1. The van der Waals surface area contributed by atoms with E-state index < -0.39 is 21.5 Å². The van der Waals surface area contributed by atoms with Gasteiger partial charge in [-0.15, -0.1) is 0 Å². The average Bonchev–Trinajstić information content (AvgIpc) is 2.41. The van der Waals surface area contributed by atoms with Crippen molar-refractivity contribution >= 4 is 15.9 Å². The van der Waals surface area contributed by atoms with Gasteiger partial charge in [-0.2, -0.15) is 0 Å². The van der Waals surface area contributed by atoms with Gasteiger partial charge in [-0.3, -0.25) is 0 Å². The second-order valence-corrected chi connectivity index (χ2v) is 8.28. The Kier molecular flexibility index (Phi) is 7.02. The quantitative estimate of drug-likeness (QED) is 0.768. The number of alkyl carbamates (subject to hydrolysis) is 1. The summed E-state index contributed by atoms with van der Waals surface area (Å²) in [6, 6.07) is 6.71. The van der Waals surface area contributed by atoms with Gasteiger partial charge in [0.15, 0.2) is 9.84 Å². The summed E-state index contributed by atoms with van der Waals surface area (Å²) >= 11 is 0. The lowest BCUT2D eigenvalue weighted by Crippen LogP contribution is -2.34. The van der Waals surface area contributed by atoms with Crippen molar-refractivity contribution in [2.75, 3.05) is 25.5 Å². The monoisotopic (exact) mass is 343 g/mol. The fourth-order valence-electron chi connectivity index (χ4n) is 1.67. The Hall–Kier alpha value is -1.60. The van der Waals surface area contributed by atoms with Gasteiger partial charge in [0.1, 0.15) is 5.60 Å². The maximum absolute atomic E-state index is 12.1. The van der Waals surface area contributed by atoms with Crippen LogP contribution < -0.4 is 5.32 Å². The number of rotatable bonds is 7. The van der Waals surface area contributed by atoms with Crippen molar-refractivity contribution in [3.05, 3.63) is 29.8 Å². The first-order chi connectivity index (χ1) is 10.6. The number of nitrogens with one attached hydrogen (secondary N) is 1. The van der Waals surface area contributed by atoms with Crippen molar-refractivity contribution in [2.24, 2.45) is 0 Å². The Morgan fingerprint density at radius 3 is 2.30 bits per heavy atom. The van der Waals surface area contributed by atoms with Crippen LogP contribution in [0.5, 0.6) is 0 Å². The molecule has 7 heteroatoms. The third kappa shape index (κ3) is 7.99. The molecule has 6 nitrogen and oxygen atoms in total. The van der Waals surface area contributed by atoms with E-state index in [2.05, 4.69) is 5.32 Å². The molecule has 0 aliphatic heterocycles. The molecule has 130 valence electrons. The van der Waals surface area contributed by atoms with E-state index in [0.29, 0.717) is 4.90 Å². The van der Waals surface area contributed by atoms with E-state index in [1.165, 1.54) is 0 Å². The molecule has 1 rings (SSSR count). The summed E-state index contributed by atoms with van der Waals surface area (Å²) in [6.45, 7) is 7.79. The van der Waals surface area contributed by atoms with Crippen LogP contribution in [0.25, 0.3) is 0 Å². The van der Waals surface area contributed by atoms with Crippen molar-refractivity contribution in [1.82, 2.24) is 5.32 Å². The van der Waals surface area contributed by atoms with Crippen LogP contribution in [0, 0.1) is 6.92 Å². The first-order valence-corrected chi connectivity index (χ1v) is 9.09. The minimum Gasteiger partial charge on any atom is -0.444 e. The van der Waals surface area contributed by atoms with Crippen molar-refractivity contribution in [2.45, 2.75) is 38.2 Å². The van der Waals surface area contributed by atoms with Crippen LogP contribution in [0.3, 0.4) is 0 Å². The van der Waals surface area contributed by atoms with Crippen LogP contribution in [0.15, 0.2) is 29.2 Å². The number of sulfone groups is 1. The predicted octanol–water partition coefficient (Wildman–Crippen LogP) is 2.31. The number of carbonyl (C=O) groups is 1. The molecule has 0 fully saturated rings. The third-order valence-electron chi connectivity index (χ3n) is 2.79. The van der Waals surface area contributed by atoms with Crippen LogP contribution >= 0.6 is 0 Å². The molecule has 1 aromatic carbocycles. The highest BCUT2D eigenvalue weighted by atomic mass is 32.2. The standard InChI is InChI=1S/C16H25NO5S/c1-13-5-7-14(8-6-13)23(19,20)12-11-21-10-9-17-15(18)22-16(2,3)4/h5-8H,9-12H2,1-4H3,(H,17,18). The van der Waals surface area contributed by atoms with E-state index in [-0.39, 0.29) is 25.5 Å². The minimum atomic E-state index is -3.34. The highest BCUT2D eigenvalue weighted by Crippen LogP contribution is 2.12. The molecule has 0 bridgehead atoms. The van der Waals surface area contributed by atoms with Gasteiger partial charge in [0.25, 0.3) is 0 Å². The number of carbonyl (C=O) groups excluding carboxylic acids is 1. The van der Waals surface area contributed by atoms with Crippen LogP contribution in [0.4, 0.5) is 4.79 Å². The molecule has 0 saturated heterocycles. The zero-order valence-electron chi connectivity index (χ0n) is 14.1. The summed E-state index contributed by atoms with van der Waals surface area (Å²) in [5, 5.41) is 2.54. The van der Waals surface area contributed by atoms with Crippen LogP contribution in [-0.4, -0.2) is 45.6 Å². The van der Waals surface area contributed by atoms with Crippen molar-refractivity contribution in [3.63, 3.8) is 0 Å². The van der Waals surface area contributed by atoms with Gasteiger partial charge in [0.05, 0.1) is 23.9 Å². The summed E-state index contributed by atoms with van der Waals surface area (Å²) < 4.78 is 34.5. The molecular weight excluding hydrogens is 318 g/mol. The smallest absolute Gasteiger partial charge is 0.407 e. The van der Waals surface area contributed by atoms with Crippen molar-refractivity contribution in [1.29, 1.82) is 0 Å². The lowest BCUT2D eigenvalue weighted by Gasteiger charge is -2.19. The molecule has 1 amide bonds. The summed E-state index contributed by atoms with van der Waals surface area (Å²) in [5.74, 6) is -0.0947. The normalized spacial score (nSPS) is 12.0. The van der Waals surface area contributed by atoms with Gasteiger partial charge < -0.3 is 14.8 Å². The summed E-state index contributed by atoms with van der Waals surface area (Å²) in [7, 11) is -3.34. The van der Waals surface area contributed by atoms with Gasteiger partial charge in [0.2, 0.25) is 0 Å². The molecular formula is C16H25NO5S. The van der Waals surface area contributed by atoms with Gasteiger partial charge >= 0.3 is 6.09 Å². The zero-order valence-corrected chi connectivity index (χ0v) is 14.9. The van der Waals surface area contributed by atoms with E-state index in [9.17, 15) is 13.2 Å². The van der Waals surface area contributed by atoms with Crippen LogP contribution in [0.1, 0.15) is 26.3 Å². The summed E-state index contributed by atoms with van der Waals surface area (Å²) in [5.41, 5.74) is 0.459. The van der Waals surface area contributed by atoms with Crippen LogP contribution in [0.2, 0.25) is 0 Å². The minimum absolute atomic E-state index is 0.0756. The topological polar surface area (TPSA) is 81.7 Å². The Morgan fingerprint density at radius 1 is 1.13 bits per heavy atom. The Labute approximate surface area is 138 Å². The molecule has 0 aliphatic rings. The lowest BCUT2D eigenvalue weighted by molar-refractivity contribution is 0.0503. The molecule has 0 aliphatic carbocycles. The molecule has 0 unspecified atom stereocenters. The van der Waals surface area contributed by atoms with Crippen LogP contribution in [-0.2, 0) is 19.3 Å². The molecule has 23 heavy (non-hydrogen) atoms. The largest absolute Gasteiger partial charge is 0.444 e. The fraction of sp³-hybridized carbons (Fsp3) is 0.562. The SMILES string of the molecule is Cc1ccc(S(=O)(=O)CCOCCNC(=O)OC(C)(C)C)cc1. The first-order valence-electron chi connectivity index (χ1n) is 7.44.